The lowest BCUT2D eigenvalue weighted by Crippen LogP contribution is -2.36. The fraction of sp³-hybridized carbons (Fsp3) is 0.125. The van der Waals surface area contributed by atoms with Gasteiger partial charge in [-0.1, -0.05) is 12.1 Å². The summed E-state index contributed by atoms with van der Waals surface area (Å²) in [6, 6.07) is 10.6. The fourth-order valence-corrected chi connectivity index (χ4v) is 2.18. The average Bonchev–Trinajstić information content (AvgIpc) is 3.04. The molecule has 0 amide bonds. The lowest BCUT2D eigenvalue weighted by molar-refractivity contribution is 0.415. The predicted octanol–water partition coefficient (Wildman–Crippen LogP) is 2.16. The predicted molar refractivity (Wildman–Crippen MR) is 79.4 cm³/mol. The van der Waals surface area contributed by atoms with Gasteiger partial charge >= 0.3 is 0 Å². The van der Waals surface area contributed by atoms with Crippen LogP contribution in [0.15, 0.2) is 56.7 Å². The zero-order valence-electron chi connectivity index (χ0n) is 11.4. The molecule has 106 valence electrons. The second-order valence-corrected chi connectivity index (χ2v) is 4.57. The number of rotatable bonds is 5. The van der Waals surface area contributed by atoms with Crippen molar-refractivity contribution in [2.24, 2.45) is 0 Å². The molecule has 0 saturated carbocycles. The average molecular weight is 283 g/mol. The van der Waals surface area contributed by atoms with Gasteiger partial charge < -0.3 is 14.5 Å². The van der Waals surface area contributed by atoms with Gasteiger partial charge in [-0.15, -0.1) is 0 Å². The van der Waals surface area contributed by atoms with E-state index < -0.39 is 10.9 Å². The largest absolute Gasteiger partial charge is 0.497 e. The molecule has 0 bridgehead atoms. The molecule has 21 heavy (non-hydrogen) atoms. The highest BCUT2D eigenvalue weighted by molar-refractivity contribution is 5.82. The maximum Gasteiger partial charge on any atom is 0.250 e. The van der Waals surface area contributed by atoms with E-state index >= 15 is 0 Å². The lowest BCUT2D eigenvalue weighted by Gasteiger charge is -2.12. The summed E-state index contributed by atoms with van der Waals surface area (Å²) in [4.78, 5) is 23.5. The quantitative estimate of drug-likeness (QED) is 0.727. The monoisotopic (exact) mass is 283 g/mol. The van der Waals surface area contributed by atoms with E-state index in [0.29, 0.717) is 34.9 Å². The summed E-state index contributed by atoms with van der Waals surface area (Å²) < 4.78 is 10.3. The Bertz CT molecular complexity index is 809. The second kappa shape index (κ2) is 5.28. The third-order valence-electron chi connectivity index (χ3n) is 3.31. The molecule has 0 unspecified atom stereocenters. The molecule has 0 aliphatic carbocycles. The van der Waals surface area contributed by atoms with Gasteiger partial charge in [0.25, 0.3) is 0 Å². The Hall–Kier alpha value is -2.82. The molecule has 0 aliphatic heterocycles. The molecule has 1 aromatic heterocycles. The van der Waals surface area contributed by atoms with E-state index in [1.807, 2.05) is 0 Å². The normalized spacial score (nSPS) is 10.7. The molecular weight excluding hydrogens is 270 g/mol. The number of methoxy groups -OCH3 is 1. The molecule has 5 nitrogen and oxygen atoms in total. The van der Waals surface area contributed by atoms with Crippen LogP contribution in [0.1, 0.15) is 5.76 Å². The van der Waals surface area contributed by atoms with Gasteiger partial charge in [-0.05, 0) is 29.8 Å². The minimum absolute atomic E-state index is 0.335. The van der Waals surface area contributed by atoms with Gasteiger partial charge in [-0.25, -0.2) is 0 Å². The molecule has 3 rings (SSSR count). The molecule has 3 aromatic rings. The number of hydrogen-bond acceptors (Lipinski definition) is 5. The van der Waals surface area contributed by atoms with E-state index in [1.165, 1.54) is 0 Å². The minimum atomic E-state index is -0.493. The van der Waals surface area contributed by atoms with Crippen molar-refractivity contribution in [3.63, 3.8) is 0 Å². The minimum Gasteiger partial charge on any atom is -0.497 e. The fourth-order valence-electron chi connectivity index (χ4n) is 2.18. The van der Waals surface area contributed by atoms with Gasteiger partial charge in [-0.2, -0.15) is 0 Å². The Morgan fingerprint density at radius 3 is 2.48 bits per heavy atom. The standard InChI is InChI=1S/C16H13NO4/c1-20-11-6-4-10(5-7-11)13-14(16(19)15(13)18)17-9-12-3-2-8-21-12/h2-8,17H,9H2,1H3. The Morgan fingerprint density at radius 2 is 1.86 bits per heavy atom. The Morgan fingerprint density at radius 1 is 1.10 bits per heavy atom. The number of benzene rings is 1. The van der Waals surface area contributed by atoms with Crippen LogP contribution in [0.3, 0.4) is 0 Å². The van der Waals surface area contributed by atoms with Crippen molar-refractivity contribution in [2.45, 2.75) is 6.54 Å². The number of furan rings is 1. The zero-order valence-corrected chi connectivity index (χ0v) is 11.4. The summed E-state index contributed by atoms with van der Waals surface area (Å²) in [5, 5.41) is 2.96. The lowest BCUT2D eigenvalue weighted by atomic mass is 9.98. The number of hydrogen-bond donors (Lipinski definition) is 1. The SMILES string of the molecule is COc1ccc(-c2c(NCc3ccco3)c(=O)c2=O)cc1. The summed E-state index contributed by atoms with van der Waals surface area (Å²) in [5.74, 6) is 1.39. The van der Waals surface area contributed by atoms with Gasteiger partial charge in [0.1, 0.15) is 11.5 Å². The van der Waals surface area contributed by atoms with Crippen molar-refractivity contribution < 1.29 is 9.15 Å². The van der Waals surface area contributed by atoms with Gasteiger partial charge in [0.2, 0.25) is 10.9 Å². The van der Waals surface area contributed by atoms with E-state index in [0.717, 1.165) is 0 Å². The maximum atomic E-state index is 11.8. The molecule has 0 aliphatic rings. The molecule has 0 saturated heterocycles. The smallest absolute Gasteiger partial charge is 0.250 e. The van der Waals surface area contributed by atoms with E-state index in [1.54, 1.807) is 49.8 Å². The first kappa shape index (κ1) is 13.2. The van der Waals surface area contributed by atoms with Crippen LogP contribution < -0.4 is 20.9 Å². The first-order chi connectivity index (χ1) is 10.2. The summed E-state index contributed by atoms with van der Waals surface area (Å²) >= 11 is 0. The van der Waals surface area contributed by atoms with Crippen LogP contribution in [0.25, 0.3) is 11.1 Å². The maximum absolute atomic E-state index is 11.8. The molecule has 0 atom stereocenters. The van der Waals surface area contributed by atoms with Crippen molar-refractivity contribution >= 4 is 5.69 Å². The number of anilines is 1. The van der Waals surface area contributed by atoms with Crippen LogP contribution in [0.4, 0.5) is 5.69 Å². The van der Waals surface area contributed by atoms with Crippen LogP contribution in [-0.4, -0.2) is 7.11 Å². The van der Waals surface area contributed by atoms with Crippen molar-refractivity contribution in [1.29, 1.82) is 0 Å². The summed E-state index contributed by atoms with van der Waals surface area (Å²) in [6.07, 6.45) is 1.56. The van der Waals surface area contributed by atoms with Crippen LogP contribution in [0.5, 0.6) is 5.75 Å². The Balaban J connectivity index is 1.87. The van der Waals surface area contributed by atoms with E-state index in [2.05, 4.69) is 5.32 Å². The number of ether oxygens (including phenoxy) is 1. The second-order valence-electron chi connectivity index (χ2n) is 4.57. The van der Waals surface area contributed by atoms with Crippen molar-refractivity contribution in [1.82, 2.24) is 0 Å². The first-order valence-corrected chi connectivity index (χ1v) is 6.44. The first-order valence-electron chi connectivity index (χ1n) is 6.44. The van der Waals surface area contributed by atoms with Crippen LogP contribution in [0, 0.1) is 0 Å². The van der Waals surface area contributed by atoms with E-state index in [-0.39, 0.29) is 0 Å². The molecule has 0 fully saturated rings. The van der Waals surface area contributed by atoms with Crippen LogP contribution >= 0.6 is 0 Å². The highest BCUT2D eigenvalue weighted by Gasteiger charge is 2.22. The van der Waals surface area contributed by atoms with Crippen molar-refractivity contribution in [2.75, 3.05) is 12.4 Å². The zero-order chi connectivity index (χ0) is 14.8. The van der Waals surface area contributed by atoms with Crippen molar-refractivity contribution in [3.8, 4) is 16.9 Å². The highest BCUT2D eigenvalue weighted by Crippen LogP contribution is 2.25. The van der Waals surface area contributed by atoms with Gasteiger partial charge in [0, 0.05) is 0 Å². The molecular formula is C16H13NO4. The third-order valence-corrected chi connectivity index (χ3v) is 3.31. The molecule has 0 spiro atoms. The Kier molecular flexibility index (Phi) is 3.31. The summed E-state index contributed by atoms with van der Waals surface area (Å²) in [6.45, 7) is 0.362. The highest BCUT2D eigenvalue weighted by atomic mass is 16.5. The van der Waals surface area contributed by atoms with E-state index in [4.69, 9.17) is 9.15 Å². The van der Waals surface area contributed by atoms with Gasteiger partial charge in [0.05, 0.1) is 31.2 Å². The molecule has 1 heterocycles. The molecule has 1 N–H and O–H groups in total. The topological polar surface area (TPSA) is 68.5 Å². The van der Waals surface area contributed by atoms with E-state index in [9.17, 15) is 9.59 Å². The molecule has 2 aromatic carbocycles. The van der Waals surface area contributed by atoms with Crippen molar-refractivity contribution in [3.05, 3.63) is 68.9 Å². The van der Waals surface area contributed by atoms with Gasteiger partial charge in [-0.3, -0.25) is 9.59 Å². The summed E-state index contributed by atoms with van der Waals surface area (Å²) in [7, 11) is 1.57. The summed E-state index contributed by atoms with van der Waals surface area (Å²) in [5.41, 5.74) is 0.479. The van der Waals surface area contributed by atoms with Gasteiger partial charge in [0.15, 0.2) is 0 Å². The molecule has 5 heteroatoms. The molecule has 0 radical (unpaired) electrons. The van der Waals surface area contributed by atoms with Crippen LogP contribution in [-0.2, 0) is 6.54 Å². The number of nitrogens with one attached hydrogen (secondary N) is 1. The van der Waals surface area contributed by atoms with Crippen LogP contribution in [0.2, 0.25) is 0 Å². The Labute approximate surface area is 120 Å². The third kappa shape index (κ3) is 2.33.